The van der Waals surface area contributed by atoms with Gasteiger partial charge in [-0.25, -0.2) is 9.97 Å². The number of nitriles is 1. The van der Waals surface area contributed by atoms with Crippen molar-refractivity contribution in [3.8, 4) is 6.07 Å². The van der Waals surface area contributed by atoms with Crippen LogP contribution in [0.5, 0.6) is 0 Å². The second kappa shape index (κ2) is 5.89. The summed E-state index contributed by atoms with van der Waals surface area (Å²) in [6.45, 7) is 1.98. The van der Waals surface area contributed by atoms with Crippen LogP contribution in [-0.4, -0.2) is 27.3 Å². The first-order valence-electron chi connectivity index (χ1n) is 7.15. The highest BCUT2D eigenvalue weighted by Crippen LogP contribution is 2.14. The van der Waals surface area contributed by atoms with Crippen LogP contribution in [0.1, 0.15) is 17.0 Å². The van der Waals surface area contributed by atoms with Crippen LogP contribution in [0.15, 0.2) is 42.7 Å². The molecule has 0 spiro atoms. The van der Waals surface area contributed by atoms with E-state index in [1.54, 1.807) is 31.4 Å². The van der Waals surface area contributed by atoms with Gasteiger partial charge in [-0.15, -0.1) is 0 Å². The Hall–Kier alpha value is -3.20. The molecule has 0 bridgehead atoms. The number of rotatable bonds is 3. The first-order chi connectivity index (χ1) is 11.1. The molecule has 3 aromatic rings. The lowest BCUT2D eigenvalue weighted by atomic mass is 10.2. The fourth-order valence-corrected chi connectivity index (χ4v) is 2.41. The van der Waals surface area contributed by atoms with Crippen molar-refractivity contribution < 1.29 is 4.79 Å². The number of carbonyl (C=O) groups excluding carboxylic acids is 1. The molecule has 0 atom stereocenters. The quantitative estimate of drug-likeness (QED) is 0.743. The minimum absolute atomic E-state index is 0.115. The largest absolute Gasteiger partial charge is 0.303 e. The maximum Gasteiger partial charge on any atom is 0.233 e. The molecular weight excluding hydrogens is 290 g/mol. The van der Waals surface area contributed by atoms with Crippen LogP contribution < -0.4 is 4.90 Å². The number of likely N-dealkylation sites (N-methyl/N-ethyl adjacent to an activating group) is 1. The van der Waals surface area contributed by atoms with Crippen molar-refractivity contribution in [3.05, 3.63) is 59.7 Å². The van der Waals surface area contributed by atoms with Crippen molar-refractivity contribution in [1.29, 1.82) is 5.26 Å². The molecule has 0 N–H and O–H groups in total. The molecule has 114 valence electrons. The highest BCUT2D eigenvalue weighted by molar-refractivity contribution is 5.93. The molecule has 23 heavy (non-hydrogen) atoms. The number of aryl methyl sites for hydroxylation is 1. The number of imidazole rings is 1. The molecule has 0 aromatic carbocycles. The van der Waals surface area contributed by atoms with Gasteiger partial charge in [-0.3, -0.25) is 9.69 Å². The molecule has 0 saturated carbocycles. The SMILES string of the molecule is Cc1cccn2c(CC(=O)N(C)c3cccc(C#N)n3)cnc12. The van der Waals surface area contributed by atoms with E-state index in [0.717, 1.165) is 16.9 Å². The van der Waals surface area contributed by atoms with Crippen molar-refractivity contribution in [1.82, 2.24) is 14.4 Å². The van der Waals surface area contributed by atoms with Crippen molar-refractivity contribution in [2.45, 2.75) is 13.3 Å². The fourth-order valence-electron chi connectivity index (χ4n) is 2.41. The van der Waals surface area contributed by atoms with Crippen LogP contribution >= 0.6 is 0 Å². The van der Waals surface area contributed by atoms with E-state index in [2.05, 4.69) is 9.97 Å². The molecule has 6 nitrogen and oxygen atoms in total. The zero-order chi connectivity index (χ0) is 16.4. The lowest BCUT2D eigenvalue weighted by molar-refractivity contribution is -0.117. The van der Waals surface area contributed by atoms with E-state index in [1.807, 2.05) is 35.7 Å². The molecule has 3 heterocycles. The highest BCUT2D eigenvalue weighted by atomic mass is 16.2. The Balaban J connectivity index is 1.85. The van der Waals surface area contributed by atoms with Gasteiger partial charge in [0.05, 0.1) is 12.1 Å². The number of carbonyl (C=O) groups is 1. The summed E-state index contributed by atoms with van der Waals surface area (Å²) in [5.41, 5.74) is 3.01. The Morgan fingerprint density at radius 3 is 2.96 bits per heavy atom. The molecule has 1 amide bonds. The van der Waals surface area contributed by atoms with Gasteiger partial charge in [-0.05, 0) is 30.7 Å². The third-order valence-corrected chi connectivity index (χ3v) is 3.71. The van der Waals surface area contributed by atoms with E-state index in [-0.39, 0.29) is 18.0 Å². The summed E-state index contributed by atoms with van der Waals surface area (Å²) in [4.78, 5) is 22.5. The molecule has 0 aliphatic rings. The molecule has 0 aliphatic heterocycles. The summed E-state index contributed by atoms with van der Waals surface area (Å²) < 4.78 is 1.92. The molecule has 3 rings (SSSR count). The molecule has 0 radical (unpaired) electrons. The van der Waals surface area contributed by atoms with Gasteiger partial charge >= 0.3 is 0 Å². The normalized spacial score (nSPS) is 10.5. The van der Waals surface area contributed by atoms with Gasteiger partial charge in [0, 0.05) is 19.4 Å². The molecular formula is C17H15N5O. The molecule has 3 aromatic heterocycles. The minimum atomic E-state index is -0.115. The summed E-state index contributed by atoms with van der Waals surface area (Å²) in [5.74, 6) is 0.343. The van der Waals surface area contributed by atoms with E-state index in [4.69, 9.17) is 5.26 Å². The first kappa shape index (κ1) is 14.7. The van der Waals surface area contributed by atoms with Crippen molar-refractivity contribution in [2.75, 3.05) is 11.9 Å². The predicted molar refractivity (Wildman–Crippen MR) is 86.0 cm³/mol. The topological polar surface area (TPSA) is 74.3 Å². The molecule has 0 aliphatic carbocycles. The maximum atomic E-state index is 12.5. The van der Waals surface area contributed by atoms with Crippen LogP contribution in [0.25, 0.3) is 5.65 Å². The Labute approximate surface area is 133 Å². The lowest BCUT2D eigenvalue weighted by Gasteiger charge is -2.16. The first-order valence-corrected chi connectivity index (χ1v) is 7.15. The average Bonchev–Trinajstić information content (AvgIpc) is 2.98. The van der Waals surface area contributed by atoms with E-state index in [1.165, 1.54) is 4.90 Å². The number of pyridine rings is 2. The summed E-state index contributed by atoms with van der Waals surface area (Å²) >= 11 is 0. The van der Waals surface area contributed by atoms with Gasteiger partial charge in [0.1, 0.15) is 23.2 Å². The molecule has 0 fully saturated rings. The van der Waals surface area contributed by atoms with Crippen LogP contribution in [-0.2, 0) is 11.2 Å². The second-order valence-corrected chi connectivity index (χ2v) is 5.26. The van der Waals surface area contributed by atoms with Crippen LogP contribution in [0.4, 0.5) is 5.82 Å². The van der Waals surface area contributed by atoms with Gasteiger partial charge < -0.3 is 4.40 Å². The smallest absolute Gasteiger partial charge is 0.233 e. The van der Waals surface area contributed by atoms with Crippen LogP contribution in [0, 0.1) is 18.3 Å². The Morgan fingerprint density at radius 2 is 2.17 bits per heavy atom. The zero-order valence-corrected chi connectivity index (χ0v) is 12.9. The molecule has 0 saturated heterocycles. The van der Waals surface area contributed by atoms with Gasteiger partial charge in [-0.2, -0.15) is 5.26 Å². The van der Waals surface area contributed by atoms with Gasteiger partial charge in [0.25, 0.3) is 0 Å². The summed E-state index contributed by atoms with van der Waals surface area (Å²) in [6, 6.07) is 10.9. The monoisotopic (exact) mass is 305 g/mol. The predicted octanol–water partition coefficient (Wildman–Crippen LogP) is 2.11. The number of amides is 1. The van der Waals surface area contributed by atoms with E-state index >= 15 is 0 Å². The van der Waals surface area contributed by atoms with Gasteiger partial charge in [0.15, 0.2) is 0 Å². The number of nitrogens with zero attached hydrogens (tertiary/aromatic N) is 5. The Kier molecular flexibility index (Phi) is 3.77. The minimum Gasteiger partial charge on any atom is -0.303 e. The Bertz CT molecular complexity index is 922. The van der Waals surface area contributed by atoms with E-state index in [9.17, 15) is 4.79 Å². The molecule has 0 unspecified atom stereocenters. The highest BCUT2D eigenvalue weighted by Gasteiger charge is 2.16. The van der Waals surface area contributed by atoms with Crippen molar-refractivity contribution in [2.24, 2.45) is 0 Å². The summed E-state index contributed by atoms with van der Waals surface area (Å²) in [5, 5.41) is 8.91. The Morgan fingerprint density at radius 1 is 1.35 bits per heavy atom. The van der Waals surface area contributed by atoms with Crippen molar-refractivity contribution in [3.63, 3.8) is 0 Å². The molecule has 6 heteroatoms. The average molecular weight is 305 g/mol. The summed E-state index contributed by atoms with van der Waals surface area (Å²) in [7, 11) is 1.65. The number of anilines is 1. The zero-order valence-electron chi connectivity index (χ0n) is 12.9. The third-order valence-electron chi connectivity index (χ3n) is 3.71. The fraction of sp³-hybridized carbons (Fsp3) is 0.176. The lowest BCUT2D eigenvalue weighted by Crippen LogP contribution is -2.29. The number of hydrogen-bond donors (Lipinski definition) is 0. The summed E-state index contributed by atoms with van der Waals surface area (Å²) in [6.07, 6.45) is 3.82. The van der Waals surface area contributed by atoms with E-state index in [0.29, 0.717) is 5.82 Å². The van der Waals surface area contributed by atoms with Gasteiger partial charge in [-0.1, -0.05) is 12.1 Å². The van der Waals surface area contributed by atoms with Crippen LogP contribution in [0.2, 0.25) is 0 Å². The maximum absolute atomic E-state index is 12.5. The van der Waals surface area contributed by atoms with Crippen LogP contribution in [0.3, 0.4) is 0 Å². The standard InChI is InChI=1S/C17H15N5O/c1-12-5-4-8-22-14(11-19-17(12)22)9-16(23)21(2)15-7-3-6-13(10-18)20-15/h3-8,11H,9H2,1-2H3. The number of hydrogen-bond acceptors (Lipinski definition) is 4. The van der Waals surface area contributed by atoms with Crippen molar-refractivity contribution >= 4 is 17.4 Å². The van der Waals surface area contributed by atoms with Gasteiger partial charge in [0.2, 0.25) is 5.91 Å². The second-order valence-electron chi connectivity index (χ2n) is 5.26. The number of fused-ring (bicyclic) bond motifs is 1. The number of aromatic nitrogens is 3. The van der Waals surface area contributed by atoms with E-state index < -0.39 is 0 Å². The third kappa shape index (κ3) is 2.77.